The maximum atomic E-state index is 13.6. The minimum Gasteiger partial charge on any atom is -0.457 e. The molecule has 0 bridgehead atoms. The van der Waals surface area contributed by atoms with E-state index in [0.29, 0.717) is 69.8 Å². The van der Waals surface area contributed by atoms with Crippen LogP contribution in [-0.4, -0.2) is 46.9 Å². The normalized spacial score (nSPS) is 17.9. The van der Waals surface area contributed by atoms with Crippen LogP contribution in [0.5, 0.6) is 11.5 Å². The van der Waals surface area contributed by atoms with Crippen molar-refractivity contribution in [2.75, 3.05) is 23.3 Å². The molecular formula is C34H30N6O4S. The molecule has 45 heavy (non-hydrogen) atoms. The Hall–Kier alpha value is -5.21. The lowest BCUT2D eigenvalue weighted by molar-refractivity contribution is -0.128. The number of benzene rings is 2. The van der Waals surface area contributed by atoms with Gasteiger partial charge in [-0.2, -0.15) is 5.26 Å². The molecule has 2 aliphatic heterocycles. The van der Waals surface area contributed by atoms with E-state index in [0.717, 1.165) is 24.2 Å². The van der Waals surface area contributed by atoms with E-state index in [-0.39, 0.29) is 29.5 Å². The van der Waals surface area contributed by atoms with E-state index in [9.17, 15) is 19.6 Å². The number of piperidine rings is 1. The molecule has 1 saturated heterocycles. The van der Waals surface area contributed by atoms with Crippen LogP contribution in [0, 0.1) is 24.2 Å². The number of hydrogen-bond acceptors (Lipinski definition) is 7. The molecule has 2 aromatic carbocycles. The number of aryl methyl sites for hydroxylation is 1. The zero-order valence-electron chi connectivity index (χ0n) is 24.6. The van der Waals surface area contributed by atoms with E-state index in [1.165, 1.54) is 11.3 Å². The molecular weight excluding hydrogens is 588 g/mol. The summed E-state index contributed by atoms with van der Waals surface area (Å²) in [4.78, 5) is 49.1. The minimum absolute atomic E-state index is 0.179. The van der Waals surface area contributed by atoms with Gasteiger partial charge in [0.25, 0.3) is 11.8 Å². The Bertz CT molecular complexity index is 1910. The quantitative estimate of drug-likeness (QED) is 0.176. The molecule has 4 aromatic rings. The number of amides is 4. The van der Waals surface area contributed by atoms with Crippen LogP contribution >= 0.6 is 11.3 Å². The van der Waals surface area contributed by atoms with Crippen molar-refractivity contribution in [1.82, 2.24) is 15.2 Å². The van der Waals surface area contributed by atoms with Crippen LogP contribution in [0.1, 0.15) is 40.9 Å². The minimum atomic E-state index is -0.386. The summed E-state index contributed by atoms with van der Waals surface area (Å²) < 4.78 is 5.98. The molecule has 226 valence electrons. The third kappa shape index (κ3) is 5.60. The van der Waals surface area contributed by atoms with E-state index in [1.54, 1.807) is 28.1 Å². The predicted octanol–water partition coefficient (Wildman–Crippen LogP) is 6.66. The van der Waals surface area contributed by atoms with Crippen molar-refractivity contribution >= 4 is 56.5 Å². The summed E-state index contributed by atoms with van der Waals surface area (Å²) >= 11 is 1.22. The van der Waals surface area contributed by atoms with Gasteiger partial charge in [0.15, 0.2) is 0 Å². The second-order valence-corrected chi connectivity index (χ2v) is 12.5. The van der Waals surface area contributed by atoms with Crippen molar-refractivity contribution in [3.8, 4) is 17.6 Å². The van der Waals surface area contributed by atoms with Crippen molar-refractivity contribution in [2.24, 2.45) is 5.92 Å². The maximum absolute atomic E-state index is 13.6. The third-order valence-corrected chi connectivity index (χ3v) is 9.36. The smallest absolute Gasteiger partial charge is 0.331 e. The van der Waals surface area contributed by atoms with Gasteiger partial charge < -0.3 is 20.3 Å². The van der Waals surface area contributed by atoms with Crippen molar-refractivity contribution in [3.05, 3.63) is 82.9 Å². The Labute approximate surface area is 263 Å². The number of carbonyl (C=O) groups excluding carboxylic acids is 3. The monoisotopic (exact) mass is 618 g/mol. The lowest BCUT2D eigenvalue weighted by Gasteiger charge is -2.33. The number of anilines is 3. The topological polar surface area (TPSA) is 128 Å². The number of hydrogen-bond donors (Lipinski definition) is 2. The van der Waals surface area contributed by atoms with Crippen LogP contribution in [-0.2, 0) is 4.79 Å². The summed E-state index contributed by atoms with van der Waals surface area (Å²) in [7, 11) is 0. The Balaban J connectivity index is 1.12. The number of pyridine rings is 1. The Kier molecular flexibility index (Phi) is 7.43. The molecule has 4 heterocycles. The fraction of sp³-hybridized carbons (Fsp3) is 0.265. The first-order valence-corrected chi connectivity index (χ1v) is 15.8. The summed E-state index contributed by atoms with van der Waals surface area (Å²) in [5.74, 6) is 1.07. The van der Waals surface area contributed by atoms with Gasteiger partial charge in [-0.1, -0.05) is 24.3 Å². The number of nitrogens with zero attached hydrogens (tertiary/aromatic N) is 4. The number of aromatic nitrogens is 1. The number of thiophene rings is 1. The van der Waals surface area contributed by atoms with E-state index >= 15 is 0 Å². The third-order valence-electron chi connectivity index (χ3n) is 8.26. The molecule has 1 unspecified atom stereocenters. The van der Waals surface area contributed by atoms with Gasteiger partial charge in [-0.15, -0.1) is 11.3 Å². The molecule has 11 heteroatoms. The highest BCUT2D eigenvalue weighted by atomic mass is 32.1. The highest BCUT2D eigenvalue weighted by Crippen LogP contribution is 2.46. The average molecular weight is 619 g/mol. The first kappa shape index (κ1) is 28.6. The second-order valence-electron chi connectivity index (χ2n) is 11.5. The molecule has 0 radical (unpaired) electrons. The van der Waals surface area contributed by atoms with Gasteiger partial charge in [0.1, 0.15) is 32.8 Å². The summed E-state index contributed by atoms with van der Waals surface area (Å²) in [6, 6.07) is 18.2. The molecule has 3 aliphatic rings. The largest absolute Gasteiger partial charge is 0.457 e. The maximum Gasteiger partial charge on any atom is 0.331 e. The van der Waals surface area contributed by atoms with Crippen LogP contribution in [0.3, 0.4) is 0 Å². The van der Waals surface area contributed by atoms with Gasteiger partial charge in [0, 0.05) is 25.3 Å². The lowest BCUT2D eigenvalue weighted by atomic mass is 10.0. The van der Waals surface area contributed by atoms with Gasteiger partial charge in [0.2, 0.25) is 0 Å². The summed E-state index contributed by atoms with van der Waals surface area (Å²) in [5, 5.41) is 16.2. The standard InChI is InChI=1S/C34H30N6O4S/c1-20-16-25(44-24-7-3-2-4-8-24)11-12-26(20)40-27-13-14-36-32-28(27)29(38-34(40)43)30(45-32)31(41)37-23-6-5-15-39(19-23)33(42)22(18-35)17-21-9-10-21/h2-4,7-8,11-14,16-17,21,23H,5-6,9-10,15,19H2,1H3,(H,37,41)(H,38,43)/b22-17+. The van der Waals surface area contributed by atoms with Crippen molar-refractivity contribution < 1.29 is 19.1 Å². The zero-order valence-corrected chi connectivity index (χ0v) is 25.4. The fourth-order valence-electron chi connectivity index (χ4n) is 5.91. The first-order chi connectivity index (χ1) is 21.9. The molecule has 1 aliphatic carbocycles. The van der Waals surface area contributed by atoms with Crippen LogP contribution in [0.4, 0.5) is 21.9 Å². The molecule has 2 fully saturated rings. The van der Waals surface area contributed by atoms with Gasteiger partial charge >= 0.3 is 6.03 Å². The molecule has 2 N–H and O–H groups in total. The van der Waals surface area contributed by atoms with Crippen molar-refractivity contribution in [1.29, 1.82) is 5.26 Å². The molecule has 1 saturated carbocycles. The molecule has 7 rings (SSSR count). The number of likely N-dealkylation sites (tertiary alicyclic amines) is 1. The summed E-state index contributed by atoms with van der Waals surface area (Å²) in [6.45, 7) is 2.78. The number of carbonyl (C=O) groups is 3. The molecule has 0 spiro atoms. The first-order valence-electron chi connectivity index (χ1n) is 15.0. The molecule has 4 amide bonds. The highest BCUT2D eigenvalue weighted by molar-refractivity contribution is 7.21. The fourth-order valence-corrected chi connectivity index (χ4v) is 6.93. The SMILES string of the molecule is Cc1cc(Oc2ccccc2)ccc1N1C(=O)Nc2c(C(=O)NC3CCCN(C(=O)/C(C#N)=C/C4CC4)C3)sc3nccc1c23. The zero-order chi connectivity index (χ0) is 31.1. The van der Waals surface area contributed by atoms with Crippen LogP contribution in [0.25, 0.3) is 10.2 Å². The molecule has 2 aromatic heterocycles. The van der Waals surface area contributed by atoms with E-state index in [2.05, 4.69) is 21.7 Å². The Morgan fingerprint density at radius 3 is 2.69 bits per heavy atom. The number of nitrogens with one attached hydrogen (secondary N) is 2. The molecule has 10 nitrogen and oxygen atoms in total. The average Bonchev–Trinajstić information content (AvgIpc) is 3.80. The number of urea groups is 1. The van der Waals surface area contributed by atoms with Crippen LogP contribution in [0.15, 0.2) is 72.4 Å². The van der Waals surface area contributed by atoms with E-state index in [1.807, 2.05) is 55.5 Å². The second kappa shape index (κ2) is 11.7. The van der Waals surface area contributed by atoms with E-state index in [4.69, 9.17) is 4.74 Å². The summed E-state index contributed by atoms with van der Waals surface area (Å²) in [6.07, 6.45) is 6.85. The summed E-state index contributed by atoms with van der Waals surface area (Å²) in [5.41, 5.74) is 2.76. The Morgan fingerprint density at radius 1 is 1.11 bits per heavy atom. The molecule has 1 atom stereocenters. The van der Waals surface area contributed by atoms with Crippen LogP contribution < -0.4 is 20.3 Å². The highest BCUT2D eigenvalue weighted by Gasteiger charge is 2.35. The van der Waals surface area contributed by atoms with Gasteiger partial charge in [-0.3, -0.25) is 14.5 Å². The lowest BCUT2D eigenvalue weighted by Crippen LogP contribution is -2.50. The number of allylic oxidation sites excluding steroid dienone is 1. The van der Waals surface area contributed by atoms with E-state index < -0.39 is 0 Å². The van der Waals surface area contributed by atoms with Crippen LogP contribution in [0.2, 0.25) is 0 Å². The van der Waals surface area contributed by atoms with Crippen molar-refractivity contribution in [2.45, 2.75) is 38.6 Å². The van der Waals surface area contributed by atoms with Gasteiger partial charge in [-0.25, -0.2) is 9.78 Å². The number of para-hydroxylation sites is 1. The van der Waals surface area contributed by atoms with Crippen molar-refractivity contribution in [3.63, 3.8) is 0 Å². The van der Waals surface area contributed by atoms with Gasteiger partial charge in [0.05, 0.1) is 22.4 Å². The number of rotatable bonds is 7. The van der Waals surface area contributed by atoms with Gasteiger partial charge in [-0.05, 0) is 80.5 Å². The number of nitriles is 1. The number of ether oxygens (including phenoxy) is 1. The Morgan fingerprint density at radius 2 is 1.93 bits per heavy atom. The predicted molar refractivity (Wildman–Crippen MR) is 172 cm³/mol.